The lowest BCUT2D eigenvalue weighted by molar-refractivity contribution is 0.476. The van der Waals surface area contributed by atoms with Crippen molar-refractivity contribution < 1.29 is 0 Å². The predicted octanol–water partition coefficient (Wildman–Crippen LogP) is 3.40. The number of benzene rings is 1. The van der Waals surface area contributed by atoms with E-state index < -0.39 is 0 Å². The summed E-state index contributed by atoms with van der Waals surface area (Å²) in [6, 6.07) is 14.4. The Kier molecular flexibility index (Phi) is 7.78. The molecule has 142 valence electrons. The lowest BCUT2D eigenvalue weighted by atomic mass is 10.2. The molecule has 0 saturated carbocycles. The average molecular weight is 476 g/mol. The minimum Gasteiger partial charge on any atom is -0.352 e. The van der Waals surface area contributed by atoms with Crippen LogP contribution in [0.15, 0.2) is 66.0 Å². The highest BCUT2D eigenvalue weighted by Gasteiger charge is 2.11. The molecule has 1 N–H and O–H groups in total. The molecule has 2 aromatic heterocycles. The molecule has 0 aliphatic rings. The van der Waals surface area contributed by atoms with E-state index in [9.17, 15) is 0 Å². The molecule has 3 rings (SSSR count). The van der Waals surface area contributed by atoms with Crippen LogP contribution >= 0.6 is 24.0 Å². The molecule has 0 saturated heterocycles. The molecular formula is C20H25IN6. The molecule has 6 nitrogen and oxygen atoms in total. The van der Waals surface area contributed by atoms with Gasteiger partial charge in [0.05, 0.1) is 0 Å². The number of aliphatic imine (C=N–C) groups is 1. The monoisotopic (exact) mass is 476 g/mol. The number of aromatic nitrogens is 3. The fourth-order valence-electron chi connectivity index (χ4n) is 2.88. The SMILES string of the molecule is CN=C(NCc1cccnc1-n1ccnc1C)N(C)Cc1ccccc1.I. The first-order valence-electron chi connectivity index (χ1n) is 8.59. The van der Waals surface area contributed by atoms with Crippen molar-refractivity contribution in [3.05, 3.63) is 78.0 Å². The predicted molar refractivity (Wildman–Crippen MR) is 120 cm³/mol. The van der Waals surface area contributed by atoms with Crippen LogP contribution in [0, 0.1) is 6.92 Å². The highest BCUT2D eigenvalue weighted by Crippen LogP contribution is 2.13. The van der Waals surface area contributed by atoms with Crippen molar-refractivity contribution in [2.75, 3.05) is 14.1 Å². The molecular weight excluding hydrogens is 451 g/mol. The number of nitrogens with one attached hydrogen (secondary N) is 1. The molecule has 27 heavy (non-hydrogen) atoms. The van der Waals surface area contributed by atoms with Gasteiger partial charge in [-0.05, 0) is 18.6 Å². The van der Waals surface area contributed by atoms with Gasteiger partial charge < -0.3 is 10.2 Å². The number of guanidine groups is 1. The second-order valence-corrected chi connectivity index (χ2v) is 6.07. The second-order valence-electron chi connectivity index (χ2n) is 6.07. The number of hydrogen-bond donors (Lipinski definition) is 1. The first kappa shape index (κ1) is 20.9. The third-order valence-corrected chi connectivity index (χ3v) is 4.19. The van der Waals surface area contributed by atoms with E-state index in [-0.39, 0.29) is 24.0 Å². The van der Waals surface area contributed by atoms with Gasteiger partial charge in [0.15, 0.2) is 5.96 Å². The van der Waals surface area contributed by atoms with Crippen molar-refractivity contribution >= 4 is 29.9 Å². The topological polar surface area (TPSA) is 58.3 Å². The summed E-state index contributed by atoms with van der Waals surface area (Å²) in [4.78, 5) is 15.3. The van der Waals surface area contributed by atoms with Gasteiger partial charge in [-0.1, -0.05) is 36.4 Å². The van der Waals surface area contributed by atoms with Crippen molar-refractivity contribution in [1.82, 2.24) is 24.8 Å². The third-order valence-electron chi connectivity index (χ3n) is 4.19. The van der Waals surface area contributed by atoms with Gasteiger partial charge in [-0.15, -0.1) is 24.0 Å². The normalized spacial score (nSPS) is 11.0. The highest BCUT2D eigenvalue weighted by atomic mass is 127. The number of hydrogen-bond acceptors (Lipinski definition) is 3. The van der Waals surface area contributed by atoms with Gasteiger partial charge in [0.25, 0.3) is 0 Å². The van der Waals surface area contributed by atoms with Crippen molar-refractivity contribution in [2.24, 2.45) is 4.99 Å². The number of halogens is 1. The fourth-order valence-corrected chi connectivity index (χ4v) is 2.88. The number of imidazole rings is 1. The molecule has 2 heterocycles. The van der Waals surface area contributed by atoms with Crippen LogP contribution in [0.3, 0.4) is 0 Å². The summed E-state index contributed by atoms with van der Waals surface area (Å²) in [5, 5.41) is 3.43. The summed E-state index contributed by atoms with van der Waals surface area (Å²) >= 11 is 0. The highest BCUT2D eigenvalue weighted by molar-refractivity contribution is 14.0. The minimum atomic E-state index is 0. The Morgan fingerprint density at radius 1 is 1.11 bits per heavy atom. The van der Waals surface area contributed by atoms with E-state index in [2.05, 4.69) is 55.5 Å². The van der Waals surface area contributed by atoms with Gasteiger partial charge in [0.2, 0.25) is 0 Å². The summed E-state index contributed by atoms with van der Waals surface area (Å²) in [5.74, 6) is 2.64. The zero-order valence-electron chi connectivity index (χ0n) is 15.8. The van der Waals surface area contributed by atoms with E-state index in [1.807, 2.05) is 36.9 Å². The van der Waals surface area contributed by atoms with E-state index in [0.29, 0.717) is 6.54 Å². The largest absolute Gasteiger partial charge is 0.352 e. The van der Waals surface area contributed by atoms with E-state index in [1.165, 1.54) is 5.56 Å². The van der Waals surface area contributed by atoms with Crippen LogP contribution in [0.1, 0.15) is 17.0 Å². The molecule has 0 fully saturated rings. The standard InChI is InChI=1S/C20H24N6.HI/c1-16-22-12-13-26(16)19-18(10-7-11-23-19)14-24-20(21-2)25(3)15-17-8-5-4-6-9-17;/h4-13H,14-15H2,1-3H3,(H,21,24);1H. The lowest BCUT2D eigenvalue weighted by Crippen LogP contribution is -2.38. The van der Waals surface area contributed by atoms with Gasteiger partial charge in [-0.25, -0.2) is 9.97 Å². The van der Waals surface area contributed by atoms with Crippen LogP contribution in [0.5, 0.6) is 0 Å². The van der Waals surface area contributed by atoms with Gasteiger partial charge in [-0.3, -0.25) is 9.56 Å². The van der Waals surface area contributed by atoms with E-state index in [1.54, 1.807) is 19.4 Å². The molecule has 0 aliphatic heterocycles. The lowest BCUT2D eigenvalue weighted by Gasteiger charge is -2.22. The van der Waals surface area contributed by atoms with E-state index >= 15 is 0 Å². The summed E-state index contributed by atoms with van der Waals surface area (Å²) in [7, 11) is 3.83. The summed E-state index contributed by atoms with van der Waals surface area (Å²) in [6.45, 7) is 3.39. The van der Waals surface area contributed by atoms with Crippen molar-refractivity contribution in [1.29, 1.82) is 0 Å². The van der Waals surface area contributed by atoms with Crippen LogP contribution in [0.2, 0.25) is 0 Å². The molecule has 0 spiro atoms. The van der Waals surface area contributed by atoms with E-state index in [0.717, 1.165) is 29.7 Å². The number of nitrogens with zero attached hydrogens (tertiary/aromatic N) is 5. The van der Waals surface area contributed by atoms with Crippen LogP contribution in [-0.2, 0) is 13.1 Å². The molecule has 0 aliphatic carbocycles. The molecule has 0 bridgehead atoms. The minimum absolute atomic E-state index is 0. The maximum atomic E-state index is 4.53. The second kappa shape index (κ2) is 10.1. The first-order valence-corrected chi connectivity index (χ1v) is 8.59. The number of aryl methyl sites for hydroxylation is 1. The molecule has 0 amide bonds. The molecule has 1 aromatic carbocycles. The summed E-state index contributed by atoms with van der Waals surface area (Å²) < 4.78 is 1.99. The molecule has 7 heteroatoms. The van der Waals surface area contributed by atoms with Gasteiger partial charge in [0.1, 0.15) is 11.6 Å². The number of rotatable bonds is 5. The van der Waals surface area contributed by atoms with Crippen LogP contribution < -0.4 is 5.32 Å². The van der Waals surface area contributed by atoms with Crippen LogP contribution in [0.4, 0.5) is 0 Å². The Balaban J connectivity index is 0.00000261. The third kappa shape index (κ3) is 5.29. The smallest absolute Gasteiger partial charge is 0.193 e. The average Bonchev–Trinajstić information content (AvgIpc) is 3.09. The number of pyridine rings is 1. The van der Waals surface area contributed by atoms with Crippen molar-refractivity contribution in [3.63, 3.8) is 0 Å². The van der Waals surface area contributed by atoms with E-state index in [4.69, 9.17) is 0 Å². The van der Waals surface area contributed by atoms with Crippen molar-refractivity contribution in [3.8, 4) is 5.82 Å². The van der Waals surface area contributed by atoms with Gasteiger partial charge in [-0.2, -0.15) is 0 Å². The zero-order valence-corrected chi connectivity index (χ0v) is 18.2. The fraction of sp³-hybridized carbons (Fsp3) is 0.250. The Bertz CT molecular complexity index is 875. The van der Waals surface area contributed by atoms with Gasteiger partial charge >= 0.3 is 0 Å². The maximum Gasteiger partial charge on any atom is 0.193 e. The van der Waals surface area contributed by atoms with Crippen LogP contribution in [-0.4, -0.2) is 39.5 Å². The van der Waals surface area contributed by atoms with Crippen LogP contribution in [0.25, 0.3) is 5.82 Å². The molecule has 0 atom stereocenters. The quantitative estimate of drug-likeness (QED) is 0.349. The molecule has 3 aromatic rings. The molecule has 0 radical (unpaired) electrons. The first-order chi connectivity index (χ1) is 12.7. The Morgan fingerprint density at radius 2 is 1.89 bits per heavy atom. The Labute approximate surface area is 177 Å². The van der Waals surface area contributed by atoms with Crippen molar-refractivity contribution in [2.45, 2.75) is 20.0 Å². The van der Waals surface area contributed by atoms with Gasteiger partial charge in [0, 0.05) is 51.3 Å². The summed E-state index contributed by atoms with van der Waals surface area (Å²) in [6.07, 6.45) is 5.51. The Morgan fingerprint density at radius 3 is 2.56 bits per heavy atom. The Hall–Kier alpha value is -2.42. The summed E-state index contributed by atoms with van der Waals surface area (Å²) in [5.41, 5.74) is 2.33. The maximum absolute atomic E-state index is 4.53. The zero-order chi connectivity index (χ0) is 18.4. The molecule has 0 unspecified atom stereocenters.